The van der Waals surface area contributed by atoms with Crippen molar-refractivity contribution in [1.82, 2.24) is 0 Å². The van der Waals surface area contributed by atoms with Gasteiger partial charge in [-0.05, 0) is 13.3 Å². The molecule has 0 saturated carbocycles. The van der Waals surface area contributed by atoms with Crippen molar-refractivity contribution in [2.45, 2.75) is 19.4 Å². The molecular formula is C8H14BBrO2. The van der Waals surface area contributed by atoms with E-state index in [2.05, 4.69) is 15.9 Å². The van der Waals surface area contributed by atoms with Crippen LogP contribution in [-0.4, -0.2) is 29.5 Å². The quantitative estimate of drug-likeness (QED) is 0.330. The third-order valence-electron chi connectivity index (χ3n) is 1.55. The summed E-state index contributed by atoms with van der Waals surface area (Å²) in [7, 11) is 1.81. The minimum atomic E-state index is -0.490. The van der Waals surface area contributed by atoms with Crippen molar-refractivity contribution < 1.29 is 10.2 Å². The molecule has 0 rings (SSSR count). The summed E-state index contributed by atoms with van der Waals surface area (Å²) in [5.74, 6) is 0.304. The largest absolute Gasteiger partial charge is 0.512 e. The van der Waals surface area contributed by atoms with Crippen LogP contribution in [0.1, 0.15) is 13.3 Å². The number of hydrogen-bond donors (Lipinski definition) is 2. The van der Waals surface area contributed by atoms with Crippen molar-refractivity contribution in [3.05, 3.63) is 23.4 Å². The Morgan fingerprint density at radius 1 is 1.67 bits per heavy atom. The first-order chi connectivity index (χ1) is 5.61. The second-order valence-corrected chi connectivity index (χ2v) is 3.22. The molecule has 0 amide bonds. The molecule has 68 valence electrons. The van der Waals surface area contributed by atoms with Gasteiger partial charge in [0.25, 0.3) is 0 Å². The average molecular weight is 233 g/mol. The minimum absolute atomic E-state index is 0.304. The SMILES string of the molecule is B/C(CC(O)C=CC)=C(\O)CBr. The molecule has 0 aromatic carbocycles. The van der Waals surface area contributed by atoms with E-state index in [0.29, 0.717) is 17.5 Å². The first-order valence-electron chi connectivity index (χ1n) is 3.86. The molecule has 0 aromatic heterocycles. The van der Waals surface area contributed by atoms with Gasteiger partial charge < -0.3 is 10.2 Å². The van der Waals surface area contributed by atoms with E-state index in [1.54, 1.807) is 12.2 Å². The van der Waals surface area contributed by atoms with Gasteiger partial charge in [-0.3, -0.25) is 0 Å². The zero-order valence-electron chi connectivity index (χ0n) is 7.42. The Hall–Kier alpha value is -0.215. The summed E-state index contributed by atoms with van der Waals surface area (Å²) >= 11 is 3.14. The molecule has 2 N–H and O–H groups in total. The highest BCUT2D eigenvalue weighted by atomic mass is 79.9. The molecule has 0 bridgehead atoms. The fourth-order valence-corrected chi connectivity index (χ4v) is 1.31. The normalized spacial score (nSPS) is 16.2. The summed E-state index contributed by atoms with van der Waals surface area (Å²) in [5.41, 5.74) is 0.817. The van der Waals surface area contributed by atoms with Crippen LogP contribution in [0.25, 0.3) is 0 Å². The van der Waals surface area contributed by atoms with E-state index in [1.165, 1.54) is 0 Å². The molecule has 0 aliphatic carbocycles. The number of aliphatic hydroxyl groups is 2. The van der Waals surface area contributed by atoms with Gasteiger partial charge in [-0.25, -0.2) is 0 Å². The van der Waals surface area contributed by atoms with Crippen LogP contribution in [0.5, 0.6) is 0 Å². The summed E-state index contributed by atoms with van der Waals surface area (Å²) < 4.78 is 0. The fraction of sp³-hybridized carbons (Fsp3) is 0.500. The van der Waals surface area contributed by atoms with Crippen LogP contribution in [0.15, 0.2) is 23.4 Å². The van der Waals surface area contributed by atoms with Gasteiger partial charge in [-0.15, -0.1) is 0 Å². The lowest BCUT2D eigenvalue weighted by Gasteiger charge is -2.07. The molecule has 0 saturated heterocycles. The zero-order chi connectivity index (χ0) is 9.56. The Kier molecular flexibility index (Phi) is 6.20. The molecule has 0 aromatic rings. The number of alkyl halides is 1. The van der Waals surface area contributed by atoms with Gasteiger partial charge in [0, 0.05) is 0 Å². The Labute approximate surface area is 82.5 Å². The molecule has 0 heterocycles. The van der Waals surface area contributed by atoms with E-state index in [-0.39, 0.29) is 0 Å². The fourth-order valence-electron chi connectivity index (χ4n) is 0.836. The third kappa shape index (κ3) is 4.62. The second-order valence-electron chi connectivity index (χ2n) is 2.66. The maximum Gasteiger partial charge on any atom is 0.138 e. The molecule has 0 spiro atoms. The Morgan fingerprint density at radius 2 is 2.25 bits per heavy atom. The highest BCUT2D eigenvalue weighted by Crippen LogP contribution is 2.08. The molecular weight excluding hydrogens is 219 g/mol. The second kappa shape index (κ2) is 6.32. The summed E-state index contributed by atoms with van der Waals surface area (Å²) in [6.07, 6.45) is 3.49. The van der Waals surface area contributed by atoms with Gasteiger partial charge in [-0.2, -0.15) is 0 Å². The molecule has 1 unspecified atom stereocenters. The molecule has 4 heteroatoms. The van der Waals surface area contributed by atoms with Gasteiger partial charge in [0.05, 0.1) is 17.2 Å². The number of rotatable bonds is 4. The molecule has 2 nitrogen and oxygen atoms in total. The summed E-state index contributed by atoms with van der Waals surface area (Å²) in [4.78, 5) is 0. The van der Waals surface area contributed by atoms with Crippen molar-refractivity contribution in [1.29, 1.82) is 0 Å². The van der Waals surface area contributed by atoms with Gasteiger partial charge in [0.1, 0.15) is 7.85 Å². The topological polar surface area (TPSA) is 40.5 Å². The Balaban J connectivity index is 4.07. The third-order valence-corrected chi connectivity index (χ3v) is 2.08. The Bertz CT molecular complexity index is 189. The van der Waals surface area contributed by atoms with E-state index < -0.39 is 6.10 Å². The lowest BCUT2D eigenvalue weighted by atomic mass is 9.89. The van der Waals surface area contributed by atoms with Crippen LogP contribution in [-0.2, 0) is 0 Å². The lowest BCUT2D eigenvalue weighted by molar-refractivity contribution is 0.223. The lowest BCUT2D eigenvalue weighted by Crippen LogP contribution is -2.06. The zero-order valence-corrected chi connectivity index (χ0v) is 9.00. The van der Waals surface area contributed by atoms with E-state index >= 15 is 0 Å². The van der Waals surface area contributed by atoms with Crippen molar-refractivity contribution in [3.63, 3.8) is 0 Å². The summed E-state index contributed by atoms with van der Waals surface area (Å²) in [5, 5.41) is 19.0. The summed E-state index contributed by atoms with van der Waals surface area (Å²) in [6, 6.07) is 0. The summed E-state index contributed by atoms with van der Waals surface area (Å²) in [6.45, 7) is 1.85. The van der Waals surface area contributed by atoms with Gasteiger partial charge >= 0.3 is 0 Å². The van der Waals surface area contributed by atoms with Crippen LogP contribution < -0.4 is 0 Å². The highest BCUT2D eigenvalue weighted by molar-refractivity contribution is 9.09. The van der Waals surface area contributed by atoms with Crippen LogP contribution in [0.4, 0.5) is 0 Å². The van der Waals surface area contributed by atoms with Crippen molar-refractivity contribution >= 4 is 23.8 Å². The number of allylic oxidation sites excluding steroid dienone is 2. The van der Waals surface area contributed by atoms with E-state index in [1.807, 2.05) is 14.8 Å². The van der Waals surface area contributed by atoms with E-state index in [4.69, 9.17) is 0 Å². The van der Waals surface area contributed by atoms with E-state index in [9.17, 15) is 10.2 Å². The van der Waals surface area contributed by atoms with Crippen molar-refractivity contribution in [2.24, 2.45) is 0 Å². The molecule has 0 radical (unpaired) electrons. The molecule has 0 aliphatic heterocycles. The van der Waals surface area contributed by atoms with Gasteiger partial charge in [0.15, 0.2) is 0 Å². The highest BCUT2D eigenvalue weighted by Gasteiger charge is 2.03. The van der Waals surface area contributed by atoms with Crippen LogP contribution in [0, 0.1) is 0 Å². The maximum atomic E-state index is 9.32. The van der Waals surface area contributed by atoms with Gasteiger partial charge in [-0.1, -0.05) is 33.6 Å². The Morgan fingerprint density at radius 3 is 2.67 bits per heavy atom. The standard InChI is InChI=1S/C8H14BBrO2/c1-2-3-6(11)4-7(9)8(12)5-10/h2-3,6,11-12H,4-5,9H2,1H3/b3-2?,8-7-. The molecule has 0 aliphatic rings. The van der Waals surface area contributed by atoms with Crippen molar-refractivity contribution in [3.8, 4) is 0 Å². The smallest absolute Gasteiger partial charge is 0.138 e. The van der Waals surface area contributed by atoms with Crippen molar-refractivity contribution in [2.75, 3.05) is 5.33 Å². The van der Waals surface area contributed by atoms with Crippen LogP contribution in [0.3, 0.4) is 0 Å². The number of halogens is 1. The molecule has 12 heavy (non-hydrogen) atoms. The molecule has 0 fully saturated rings. The monoisotopic (exact) mass is 232 g/mol. The van der Waals surface area contributed by atoms with Crippen LogP contribution >= 0.6 is 15.9 Å². The predicted molar refractivity (Wildman–Crippen MR) is 57.4 cm³/mol. The maximum absolute atomic E-state index is 9.32. The first-order valence-corrected chi connectivity index (χ1v) is 4.98. The van der Waals surface area contributed by atoms with Gasteiger partial charge in [0.2, 0.25) is 0 Å². The number of hydrogen-bond acceptors (Lipinski definition) is 2. The molecule has 1 atom stereocenters. The first kappa shape index (κ1) is 11.8. The average Bonchev–Trinajstić information content (AvgIpc) is 2.03. The minimum Gasteiger partial charge on any atom is -0.512 e. The predicted octanol–water partition coefficient (Wildman–Crippen LogP) is 1.11. The van der Waals surface area contributed by atoms with Crippen LogP contribution in [0.2, 0.25) is 0 Å². The number of aliphatic hydroxyl groups excluding tert-OH is 2. The van der Waals surface area contributed by atoms with E-state index in [0.717, 1.165) is 5.47 Å².